The van der Waals surface area contributed by atoms with Crippen LogP contribution in [0.1, 0.15) is 12.8 Å². The van der Waals surface area contributed by atoms with Gasteiger partial charge in [0.1, 0.15) is 5.82 Å². The monoisotopic (exact) mass is 387 g/mol. The first kappa shape index (κ1) is 19.8. The summed E-state index contributed by atoms with van der Waals surface area (Å²) in [7, 11) is 4.70. The van der Waals surface area contributed by atoms with Crippen molar-refractivity contribution < 1.29 is 23.7 Å². The van der Waals surface area contributed by atoms with E-state index in [4.69, 9.17) is 18.9 Å². The van der Waals surface area contributed by atoms with Crippen molar-refractivity contribution in [2.45, 2.75) is 12.8 Å². The number of methoxy groups -OCH3 is 3. The van der Waals surface area contributed by atoms with Crippen LogP contribution >= 0.6 is 0 Å². The van der Waals surface area contributed by atoms with Crippen LogP contribution in [-0.4, -0.2) is 45.4 Å². The van der Waals surface area contributed by atoms with Crippen LogP contribution in [-0.2, 0) is 9.53 Å². The number of carbonyl (C=O) groups excluding carboxylic acids is 1. The fourth-order valence-electron chi connectivity index (χ4n) is 3.05. The van der Waals surface area contributed by atoms with Crippen LogP contribution in [0.25, 0.3) is 0 Å². The number of carbonyl (C=O) groups is 1. The molecule has 1 saturated heterocycles. The van der Waals surface area contributed by atoms with Crippen LogP contribution in [0.5, 0.6) is 17.2 Å². The lowest BCUT2D eigenvalue weighted by atomic mass is 9.99. The summed E-state index contributed by atoms with van der Waals surface area (Å²) in [5.41, 5.74) is 1.52. The molecule has 8 heteroatoms. The van der Waals surface area contributed by atoms with Gasteiger partial charge in [0.2, 0.25) is 11.7 Å². The number of benzene rings is 1. The molecule has 8 nitrogen and oxygen atoms in total. The van der Waals surface area contributed by atoms with E-state index in [0.717, 1.165) is 24.2 Å². The summed E-state index contributed by atoms with van der Waals surface area (Å²) in [6.07, 6.45) is 3.14. The molecule has 1 amide bonds. The molecule has 28 heavy (non-hydrogen) atoms. The van der Waals surface area contributed by atoms with E-state index in [1.54, 1.807) is 33.6 Å². The molecule has 1 aliphatic rings. The van der Waals surface area contributed by atoms with E-state index in [2.05, 4.69) is 15.6 Å². The molecule has 2 heterocycles. The molecule has 1 aliphatic heterocycles. The van der Waals surface area contributed by atoms with Crippen molar-refractivity contribution in [2.24, 2.45) is 5.92 Å². The number of aromatic nitrogens is 1. The van der Waals surface area contributed by atoms with Crippen molar-refractivity contribution in [3.8, 4) is 17.2 Å². The first-order chi connectivity index (χ1) is 13.6. The zero-order valence-corrected chi connectivity index (χ0v) is 16.3. The summed E-state index contributed by atoms with van der Waals surface area (Å²) < 4.78 is 21.3. The van der Waals surface area contributed by atoms with E-state index in [1.807, 2.05) is 18.2 Å². The molecule has 0 radical (unpaired) electrons. The van der Waals surface area contributed by atoms with Gasteiger partial charge in [-0.05, 0) is 25.0 Å². The maximum Gasteiger partial charge on any atom is 0.228 e. The highest BCUT2D eigenvalue weighted by atomic mass is 16.5. The standard InChI is InChI=1S/C20H25N3O5/c1-25-16-10-15(11-17(26-2)19(16)27-3)22-14-4-5-18(21-12-14)23-20(24)13-6-8-28-9-7-13/h4-5,10-13,22H,6-9H2,1-3H3,(H,21,23,24). The molecule has 0 spiro atoms. The molecule has 0 bridgehead atoms. The molecule has 0 atom stereocenters. The molecule has 150 valence electrons. The summed E-state index contributed by atoms with van der Waals surface area (Å²) in [5.74, 6) is 2.12. The lowest BCUT2D eigenvalue weighted by Crippen LogP contribution is -2.28. The molecule has 1 aromatic heterocycles. The minimum Gasteiger partial charge on any atom is -0.493 e. The zero-order chi connectivity index (χ0) is 19.9. The smallest absolute Gasteiger partial charge is 0.228 e. The summed E-state index contributed by atoms with van der Waals surface area (Å²) in [5, 5.41) is 6.11. The van der Waals surface area contributed by atoms with Crippen molar-refractivity contribution in [1.82, 2.24) is 4.98 Å². The van der Waals surface area contributed by atoms with Crippen LogP contribution in [0.2, 0.25) is 0 Å². The number of hydrogen-bond acceptors (Lipinski definition) is 7. The van der Waals surface area contributed by atoms with Crippen molar-refractivity contribution in [2.75, 3.05) is 45.2 Å². The van der Waals surface area contributed by atoms with Gasteiger partial charge in [0.05, 0.1) is 33.2 Å². The summed E-state index contributed by atoms with van der Waals surface area (Å²) >= 11 is 0. The van der Waals surface area contributed by atoms with Gasteiger partial charge in [-0.2, -0.15) is 0 Å². The predicted molar refractivity (Wildman–Crippen MR) is 106 cm³/mol. The lowest BCUT2D eigenvalue weighted by molar-refractivity contribution is -0.122. The largest absolute Gasteiger partial charge is 0.493 e. The van der Waals surface area contributed by atoms with Crippen molar-refractivity contribution >= 4 is 23.1 Å². The Balaban J connectivity index is 1.68. The summed E-state index contributed by atoms with van der Waals surface area (Å²) in [4.78, 5) is 16.6. The average Bonchev–Trinajstić information content (AvgIpc) is 2.75. The van der Waals surface area contributed by atoms with Gasteiger partial charge in [0.25, 0.3) is 0 Å². The van der Waals surface area contributed by atoms with Crippen molar-refractivity contribution in [3.05, 3.63) is 30.5 Å². The van der Waals surface area contributed by atoms with Crippen molar-refractivity contribution in [1.29, 1.82) is 0 Å². The minimum absolute atomic E-state index is 0.0128. The Labute approximate surface area is 164 Å². The quantitative estimate of drug-likeness (QED) is 0.754. The number of ether oxygens (including phenoxy) is 4. The number of hydrogen-bond donors (Lipinski definition) is 2. The first-order valence-electron chi connectivity index (χ1n) is 9.06. The number of nitrogens with zero attached hydrogens (tertiary/aromatic N) is 1. The van der Waals surface area contributed by atoms with E-state index in [0.29, 0.717) is 36.3 Å². The highest BCUT2D eigenvalue weighted by Crippen LogP contribution is 2.40. The first-order valence-corrected chi connectivity index (χ1v) is 9.06. The highest BCUT2D eigenvalue weighted by Gasteiger charge is 2.21. The predicted octanol–water partition coefficient (Wildman–Crippen LogP) is 3.22. The maximum atomic E-state index is 12.3. The molecule has 1 fully saturated rings. The number of rotatable bonds is 7. The third-order valence-corrected chi connectivity index (χ3v) is 4.56. The van der Waals surface area contributed by atoms with Crippen molar-refractivity contribution in [3.63, 3.8) is 0 Å². The molecule has 2 N–H and O–H groups in total. The molecule has 0 unspecified atom stereocenters. The average molecular weight is 387 g/mol. The second-order valence-electron chi connectivity index (χ2n) is 6.35. The lowest BCUT2D eigenvalue weighted by Gasteiger charge is -2.21. The fourth-order valence-corrected chi connectivity index (χ4v) is 3.05. The molecule has 3 rings (SSSR count). The Morgan fingerprint density at radius 2 is 1.71 bits per heavy atom. The van der Waals surface area contributed by atoms with Gasteiger partial charge in [0.15, 0.2) is 11.5 Å². The Morgan fingerprint density at radius 1 is 1.04 bits per heavy atom. The Morgan fingerprint density at radius 3 is 2.25 bits per heavy atom. The van der Waals surface area contributed by atoms with Gasteiger partial charge >= 0.3 is 0 Å². The van der Waals surface area contributed by atoms with Gasteiger partial charge in [-0.1, -0.05) is 0 Å². The maximum absolute atomic E-state index is 12.3. The van der Waals surface area contributed by atoms with Crippen LogP contribution in [0.3, 0.4) is 0 Å². The van der Waals surface area contributed by atoms with Gasteiger partial charge in [-0.3, -0.25) is 4.79 Å². The van der Waals surface area contributed by atoms with Crippen LogP contribution in [0.15, 0.2) is 30.5 Å². The molecular formula is C20H25N3O5. The van der Waals surface area contributed by atoms with E-state index in [-0.39, 0.29) is 11.8 Å². The molecule has 0 saturated carbocycles. The Bertz CT molecular complexity index is 779. The second-order valence-corrected chi connectivity index (χ2v) is 6.35. The number of amides is 1. The Hall–Kier alpha value is -3.00. The summed E-state index contributed by atoms with van der Waals surface area (Å²) in [6.45, 7) is 1.26. The van der Waals surface area contributed by atoms with Gasteiger partial charge in [-0.25, -0.2) is 4.98 Å². The van der Waals surface area contributed by atoms with Crippen LogP contribution in [0.4, 0.5) is 17.2 Å². The second kappa shape index (κ2) is 9.27. The zero-order valence-electron chi connectivity index (χ0n) is 16.3. The van der Waals surface area contributed by atoms with Gasteiger partial charge in [0, 0.05) is 37.0 Å². The summed E-state index contributed by atoms with van der Waals surface area (Å²) in [6, 6.07) is 7.22. The van der Waals surface area contributed by atoms with E-state index in [1.165, 1.54) is 0 Å². The van der Waals surface area contributed by atoms with Crippen LogP contribution < -0.4 is 24.8 Å². The molecule has 0 aliphatic carbocycles. The third kappa shape index (κ3) is 4.64. The van der Waals surface area contributed by atoms with E-state index < -0.39 is 0 Å². The highest BCUT2D eigenvalue weighted by molar-refractivity contribution is 5.91. The van der Waals surface area contributed by atoms with E-state index >= 15 is 0 Å². The fraction of sp³-hybridized carbons (Fsp3) is 0.400. The van der Waals surface area contributed by atoms with Gasteiger partial charge < -0.3 is 29.6 Å². The molecule has 2 aromatic rings. The van der Waals surface area contributed by atoms with Crippen LogP contribution in [0, 0.1) is 5.92 Å². The van der Waals surface area contributed by atoms with Gasteiger partial charge in [-0.15, -0.1) is 0 Å². The van der Waals surface area contributed by atoms with E-state index in [9.17, 15) is 4.79 Å². The number of pyridine rings is 1. The minimum atomic E-state index is -0.0208. The number of anilines is 3. The normalized spacial score (nSPS) is 14.2. The SMILES string of the molecule is COc1cc(Nc2ccc(NC(=O)C3CCOCC3)nc2)cc(OC)c1OC. The third-order valence-electron chi connectivity index (χ3n) is 4.56. The topological polar surface area (TPSA) is 90.9 Å². The number of nitrogens with one attached hydrogen (secondary N) is 2. The Kier molecular flexibility index (Phi) is 6.54. The molecular weight excluding hydrogens is 362 g/mol. The molecule has 1 aromatic carbocycles.